The van der Waals surface area contributed by atoms with Crippen LogP contribution in [-0.4, -0.2) is 24.8 Å². The van der Waals surface area contributed by atoms with Gasteiger partial charge in [0.15, 0.2) is 0 Å². The van der Waals surface area contributed by atoms with E-state index in [1.54, 1.807) is 7.11 Å². The zero-order valence-corrected chi connectivity index (χ0v) is 9.51. The van der Waals surface area contributed by atoms with Crippen LogP contribution in [0.15, 0.2) is 0 Å². The van der Waals surface area contributed by atoms with Crippen LogP contribution in [0.5, 0.6) is 0 Å². The van der Waals surface area contributed by atoms with Crippen molar-refractivity contribution < 1.29 is 14.6 Å². The van der Waals surface area contributed by atoms with Crippen molar-refractivity contribution in [2.45, 2.75) is 46.0 Å². The van der Waals surface area contributed by atoms with Gasteiger partial charge in [-0.2, -0.15) is 0 Å². The molecule has 0 bridgehead atoms. The van der Waals surface area contributed by atoms with Crippen molar-refractivity contribution in [3.8, 4) is 0 Å². The van der Waals surface area contributed by atoms with E-state index in [0.717, 1.165) is 32.3 Å². The Kier molecular flexibility index (Phi) is 6.54. The predicted molar refractivity (Wildman–Crippen MR) is 56.4 cm³/mol. The van der Waals surface area contributed by atoms with E-state index in [2.05, 4.69) is 13.8 Å². The largest absolute Gasteiger partial charge is 0.481 e. The van der Waals surface area contributed by atoms with E-state index in [-0.39, 0.29) is 11.8 Å². The third kappa shape index (κ3) is 8.05. The maximum Gasteiger partial charge on any atom is 0.303 e. The zero-order valence-electron chi connectivity index (χ0n) is 9.51. The first-order valence-electron chi connectivity index (χ1n) is 5.19. The SMILES string of the molecule is COCCCCC(C)(C)CCC(=O)O. The second-order valence-corrected chi connectivity index (χ2v) is 4.51. The Morgan fingerprint density at radius 2 is 1.93 bits per heavy atom. The molecule has 0 rings (SSSR count). The normalized spacial score (nSPS) is 11.6. The monoisotopic (exact) mass is 202 g/mol. The number of carbonyl (C=O) groups is 1. The summed E-state index contributed by atoms with van der Waals surface area (Å²) in [5.41, 5.74) is 0.145. The fourth-order valence-corrected chi connectivity index (χ4v) is 1.42. The van der Waals surface area contributed by atoms with Gasteiger partial charge < -0.3 is 9.84 Å². The van der Waals surface area contributed by atoms with Crippen LogP contribution < -0.4 is 0 Å². The number of hydrogen-bond acceptors (Lipinski definition) is 2. The molecule has 0 saturated heterocycles. The molecule has 3 nitrogen and oxygen atoms in total. The van der Waals surface area contributed by atoms with Crippen molar-refractivity contribution in [1.29, 1.82) is 0 Å². The summed E-state index contributed by atoms with van der Waals surface area (Å²) in [6.07, 6.45) is 4.28. The first-order valence-corrected chi connectivity index (χ1v) is 5.19. The van der Waals surface area contributed by atoms with E-state index in [0.29, 0.717) is 0 Å². The van der Waals surface area contributed by atoms with E-state index in [4.69, 9.17) is 9.84 Å². The van der Waals surface area contributed by atoms with Crippen LogP contribution in [0.1, 0.15) is 46.0 Å². The van der Waals surface area contributed by atoms with Crippen LogP contribution in [0.2, 0.25) is 0 Å². The van der Waals surface area contributed by atoms with Gasteiger partial charge in [0.1, 0.15) is 0 Å². The van der Waals surface area contributed by atoms with E-state index >= 15 is 0 Å². The van der Waals surface area contributed by atoms with Crippen molar-refractivity contribution in [3.63, 3.8) is 0 Å². The molecule has 84 valence electrons. The van der Waals surface area contributed by atoms with Crippen LogP contribution in [0.4, 0.5) is 0 Å². The van der Waals surface area contributed by atoms with E-state index in [1.165, 1.54) is 0 Å². The quantitative estimate of drug-likeness (QED) is 0.615. The molecule has 0 aromatic heterocycles. The molecule has 0 fully saturated rings. The molecule has 0 aromatic rings. The number of unbranched alkanes of at least 4 members (excludes halogenated alkanes) is 1. The van der Waals surface area contributed by atoms with Gasteiger partial charge in [0.25, 0.3) is 0 Å². The highest BCUT2D eigenvalue weighted by Gasteiger charge is 2.18. The van der Waals surface area contributed by atoms with Gasteiger partial charge >= 0.3 is 5.97 Å². The molecule has 0 aliphatic rings. The molecule has 3 heteroatoms. The molecule has 0 aromatic carbocycles. The van der Waals surface area contributed by atoms with Crippen molar-refractivity contribution in [2.24, 2.45) is 5.41 Å². The highest BCUT2D eigenvalue weighted by molar-refractivity contribution is 5.66. The van der Waals surface area contributed by atoms with Gasteiger partial charge in [-0.1, -0.05) is 20.3 Å². The van der Waals surface area contributed by atoms with Crippen molar-refractivity contribution in [2.75, 3.05) is 13.7 Å². The van der Waals surface area contributed by atoms with Crippen LogP contribution in [-0.2, 0) is 9.53 Å². The maximum atomic E-state index is 10.4. The van der Waals surface area contributed by atoms with Gasteiger partial charge in [0.05, 0.1) is 0 Å². The van der Waals surface area contributed by atoms with Crippen LogP contribution in [0.25, 0.3) is 0 Å². The molecular formula is C11H22O3. The van der Waals surface area contributed by atoms with E-state index < -0.39 is 5.97 Å². The summed E-state index contributed by atoms with van der Waals surface area (Å²) < 4.78 is 4.96. The van der Waals surface area contributed by atoms with E-state index in [1.807, 2.05) is 0 Å². The fraction of sp³-hybridized carbons (Fsp3) is 0.909. The fourth-order valence-electron chi connectivity index (χ4n) is 1.42. The van der Waals surface area contributed by atoms with E-state index in [9.17, 15) is 4.79 Å². The third-order valence-electron chi connectivity index (χ3n) is 2.47. The Morgan fingerprint density at radius 3 is 2.43 bits per heavy atom. The van der Waals surface area contributed by atoms with Crippen molar-refractivity contribution in [3.05, 3.63) is 0 Å². The molecule has 0 radical (unpaired) electrons. The zero-order chi connectivity index (χ0) is 11.0. The van der Waals surface area contributed by atoms with Gasteiger partial charge in [-0.25, -0.2) is 0 Å². The molecule has 0 unspecified atom stereocenters. The summed E-state index contributed by atoms with van der Waals surface area (Å²) in [5.74, 6) is -0.699. The van der Waals surface area contributed by atoms with Gasteiger partial charge in [-0.05, 0) is 24.7 Å². The Morgan fingerprint density at radius 1 is 1.29 bits per heavy atom. The first kappa shape index (κ1) is 13.4. The molecule has 0 atom stereocenters. The summed E-state index contributed by atoms with van der Waals surface area (Å²) in [7, 11) is 1.70. The number of rotatable bonds is 8. The average molecular weight is 202 g/mol. The number of ether oxygens (including phenoxy) is 1. The standard InChI is InChI=1S/C11H22O3/c1-11(2,8-6-10(12)13)7-4-5-9-14-3/h4-9H2,1-3H3,(H,12,13). The second-order valence-electron chi connectivity index (χ2n) is 4.51. The minimum absolute atomic E-state index is 0.145. The van der Waals surface area contributed by atoms with Crippen molar-refractivity contribution >= 4 is 5.97 Å². The van der Waals surface area contributed by atoms with Gasteiger partial charge in [0, 0.05) is 20.1 Å². The average Bonchev–Trinajstić information content (AvgIpc) is 2.10. The summed E-state index contributed by atoms with van der Waals surface area (Å²) in [6.45, 7) is 5.06. The molecule has 14 heavy (non-hydrogen) atoms. The third-order valence-corrected chi connectivity index (χ3v) is 2.47. The number of carboxylic acid groups (broad SMARTS) is 1. The lowest BCUT2D eigenvalue weighted by Crippen LogP contribution is -2.13. The lowest BCUT2D eigenvalue weighted by Gasteiger charge is -2.23. The van der Waals surface area contributed by atoms with Crippen molar-refractivity contribution in [1.82, 2.24) is 0 Å². The molecule has 0 aliphatic carbocycles. The number of aliphatic carboxylic acids is 1. The molecular weight excluding hydrogens is 180 g/mol. The lowest BCUT2D eigenvalue weighted by molar-refractivity contribution is -0.137. The Bertz CT molecular complexity index is 164. The number of methoxy groups -OCH3 is 1. The summed E-state index contributed by atoms with van der Waals surface area (Å²) >= 11 is 0. The molecule has 0 heterocycles. The Hall–Kier alpha value is -0.570. The molecule has 0 spiro atoms. The van der Waals surface area contributed by atoms with Crippen LogP contribution >= 0.6 is 0 Å². The highest BCUT2D eigenvalue weighted by Crippen LogP contribution is 2.28. The minimum Gasteiger partial charge on any atom is -0.481 e. The molecule has 1 N–H and O–H groups in total. The lowest BCUT2D eigenvalue weighted by atomic mass is 9.83. The second kappa shape index (κ2) is 6.82. The predicted octanol–water partition coefficient (Wildman–Crippen LogP) is 2.69. The molecule has 0 aliphatic heterocycles. The minimum atomic E-state index is -0.699. The molecule has 0 amide bonds. The Labute approximate surface area is 86.5 Å². The highest BCUT2D eigenvalue weighted by atomic mass is 16.5. The van der Waals surface area contributed by atoms with Gasteiger partial charge in [0.2, 0.25) is 0 Å². The smallest absolute Gasteiger partial charge is 0.303 e. The number of carboxylic acids is 1. The summed E-state index contributed by atoms with van der Waals surface area (Å²) in [4.78, 5) is 10.4. The molecule has 0 saturated carbocycles. The van der Waals surface area contributed by atoms with Crippen LogP contribution in [0.3, 0.4) is 0 Å². The van der Waals surface area contributed by atoms with Gasteiger partial charge in [-0.3, -0.25) is 4.79 Å². The topological polar surface area (TPSA) is 46.5 Å². The Balaban J connectivity index is 3.55. The summed E-state index contributed by atoms with van der Waals surface area (Å²) in [5, 5.41) is 8.57. The van der Waals surface area contributed by atoms with Crippen LogP contribution in [0, 0.1) is 5.41 Å². The first-order chi connectivity index (χ1) is 6.48. The number of hydrogen-bond donors (Lipinski definition) is 1. The van der Waals surface area contributed by atoms with Gasteiger partial charge in [-0.15, -0.1) is 0 Å². The summed E-state index contributed by atoms with van der Waals surface area (Å²) in [6, 6.07) is 0. The maximum absolute atomic E-state index is 10.4.